The van der Waals surface area contributed by atoms with Crippen LogP contribution in [0.2, 0.25) is 5.02 Å². The molecule has 0 saturated carbocycles. The van der Waals surface area contributed by atoms with Crippen molar-refractivity contribution in [2.45, 2.75) is 39.7 Å². The zero-order chi connectivity index (χ0) is 23.7. The normalized spacial score (nSPS) is 16.1. The predicted octanol–water partition coefficient (Wildman–Crippen LogP) is 4.58. The molecule has 0 bridgehead atoms. The SMILES string of the molecule is CCOC(=O)C1=C(C)N=c2sc(=Cc3ccc(Cl)cc3)c(=O)n2C1c1ccc(C(C)C)cc1. The summed E-state index contributed by atoms with van der Waals surface area (Å²) in [4.78, 5) is 31.7. The molecule has 1 atom stereocenters. The fourth-order valence-electron chi connectivity index (χ4n) is 3.88. The van der Waals surface area contributed by atoms with Crippen molar-refractivity contribution in [2.24, 2.45) is 4.99 Å². The van der Waals surface area contributed by atoms with E-state index in [-0.39, 0.29) is 12.2 Å². The van der Waals surface area contributed by atoms with Crippen molar-refractivity contribution in [2.75, 3.05) is 6.61 Å². The molecule has 7 heteroatoms. The molecule has 1 aromatic heterocycles. The summed E-state index contributed by atoms with van der Waals surface area (Å²) in [5.74, 6) is -0.0779. The van der Waals surface area contributed by atoms with Crippen LogP contribution in [0.1, 0.15) is 56.3 Å². The Morgan fingerprint density at radius 2 is 1.85 bits per heavy atom. The number of fused-ring (bicyclic) bond motifs is 1. The maximum Gasteiger partial charge on any atom is 0.338 e. The maximum atomic E-state index is 13.6. The zero-order valence-electron chi connectivity index (χ0n) is 19.0. The van der Waals surface area contributed by atoms with Crippen LogP contribution in [-0.4, -0.2) is 17.1 Å². The number of thiazole rings is 1. The Labute approximate surface area is 201 Å². The average molecular weight is 481 g/mol. The largest absolute Gasteiger partial charge is 0.463 e. The smallest absolute Gasteiger partial charge is 0.338 e. The van der Waals surface area contributed by atoms with Crippen LogP contribution in [0.15, 0.2) is 69.6 Å². The first-order valence-electron chi connectivity index (χ1n) is 10.8. The summed E-state index contributed by atoms with van der Waals surface area (Å²) in [5, 5.41) is 0.633. The van der Waals surface area contributed by atoms with E-state index >= 15 is 0 Å². The Balaban J connectivity index is 1.92. The predicted molar refractivity (Wildman–Crippen MR) is 132 cm³/mol. The molecule has 5 nitrogen and oxygen atoms in total. The Kier molecular flexibility index (Phi) is 6.68. The minimum Gasteiger partial charge on any atom is -0.463 e. The summed E-state index contributed by atoms with van der Waals surface area (Å²) in [6, 6.07) is 14.7. The van der Waals surface area contributed by atoms with E-state index in [0.717, 1.165) is 11.1 Å². The number of nitrogens with zero attached hydrogens (tertiary/aromatic N) is 2. The Bertz CT molecular complexity index is 1400. The van der Waals surface area contributed by atoms with Gasteiger partial charge in [0.1, 0.15) is 0 Å². The van der Waals surface area contributed by atoms with Gasteiger partial charge in [0.05, 0.1) is 28.5 Å². The van der Waals surface area contributed by atoms with Crippen LogP contribution in [-0.2, 0) is 9.53 Å². The Morgan fingerprint density at radius 1 is 1.18 bits per heavy atom. The molecular formula is C26H25ClN2O3S. The van der Waals surface area contributed by atoms with Gasteiger partial charge in [0, 0.05) is 5.02 Å². The summed E-state index contributed by atoms with van der Waals surface area (Å²) in [6.45, 7) is 8.06. The molecule has 1 aliphatic heterocycles. The first-order valence-corrected chi connectivity index (χ1v) is 12.0. The number of allylic oxidation sites excluding steroid dienone is 1. The molecular weight excluding hydrogens is 456 g/mol. The third-order valence-electron chi connectivity index (χ3n) is 5.60. The van der Waals surface area contributed by atoms with Gasteiger partial charge < -0.3 is 4.74 Å². The number of benzene rings is 2. The highest BCUT2D eigenvalue weighted by Crippen LogP contribution is 2.31. The number of hydrogen-bond donors (Lipinski definition) is 0. The number of esters is 1. The van der Waals surface area contributed by atoms with E-state index in [9.17, 15) is 9.59 Å². The number of halogens is 1. The van der Waals surface area contributed by atoms with E-state index in [1.165, 1.54) is 16.9 Å². The third-order valence-corrected chi connectivity index (χ3v) is 6.84. The van der Waals surface area contributed by atoms with Crippen molar-refractivity contribution in [1.29, 1.82) is 0 Å². The topological polar surface area (TPSA) is 60.7 Å². The van der Waals surface area contributed by atoms with Crippen LogP contribution in [0.3, 0.4) is 0 Å². The van der Waals surface area contributed by atoms with Crippen LogP contribution in [0.25, 0.3) is 6.08 Å². The minimum atomic E-state index is -0.603. The van der Waals surface area contributed by atoms with Crippen LogP contribution in [0.4, 0.5) is 0 Å². The summed E-state index contributed by atoms with van der Waals surface area (Å²) >= 11 is 7.30. The van der Waals surface area contributed by atoms with Crippen LogP contribution in [0.5, 0.6) is 0 Å². The molecule has 0 amide bonds. The van der Waals surface area contributed by atoms with Gasteiger partial charge in [0.25, 0.3) is 5.56 Å². The molecule has 4 rings (SSSR count). The molecule has 3 aromatic rings. The van der Waals surface area contributed by atoms with Crippen molar-refractivity contribution in [3.05, 3.63) is 101 Å². The van der Waals surface area contributed by atoms with E-state index in [1.807, 2.05) is 42.5 Å². The highest BCUT2D eigenvalue weighted by molar-refractivity contribution is 7.07. The summed E-state index contributed by atoms with van der Waals surface area (Å²) in [6.07, 6.45) is 1.82. The Morgan fingerprint density at radius 3 is 2.45 bits per heavy atom. The van der Waals surface area contributed by atoms with Crippen LogP contribution in [0, 0.1) is 0 Å². The first kappa shape index (κ1) is 23.2. The molecule has 170 valence electrons. The molecule has 0 radical (unpaired) electrons. The minimum absolute atomic E-state index is 0.194. The van der Waals surface area contributed by atoms with Crippen molar-refractivity contribution in [1.82, 2.24) is 4.57 Å². The monoisotopic (exact) mass is 480 g/mol. The molecule has 0 aliphatic carbocycles. The number of ether oxygens (including phenoxy) is 1. The van der Waals surface area contributed by atoms with Gasteiger partial charge in [-0.1, -0.05) is 73.2 Å². The number of aromatic nitrogens is 1. The zero-order valence-corrected chi connectivity index (χ0v) is 20.5. The average Bonchev–Trinajstić information content (AvgIpc) is 3.09. The molecule has 0 fully saturated rings. The van der Waals surface area contributed by atoms with Crippen molar-refractivity contribution < 1.29 is 9.53 Å². The van der Waals surface area contributed by atoms with E-state index in [2.05, 4.69) is 18.8 Å². The van der Waals surface area contributed by atoms with Gasteiger partial charge in [-0.15, -0.1) is 0 Å². The second-order valence-electron chi connectivity index (χ2n) is 8.18. The summed E-state index contributed by atoms with van der Waals surface area (Å²) < 4.78 is 7.49. The van der Waals surface area contributed by atoms with Crippen molar-refractivity contribution in [3.63, 3.8) is 0 Å². The third kappa shape index (κ3) is 4.59. The molecule has 0 saturated heterocycles. The second-order valence-corrected chi connectivity index (χ2v) is 9.62. The van der Waals surface area contributed by atoms with E-state index < -0.39 is 12.0 Å². The van der Waals surface area contributed by atoms with Crippen LogP contribution < -0.4 is 14.9 Å². The number of carbonyl (C=O) groups excluding carboxylic acids is 1. The van der Waals surface area contributed by atoms with Gasteiger partial charge in [0.15, 0.2) is 4.80 Å². The van der Waals surface area contributed by atoms with Gasteiger partial charge in [-0.2, -0.15) is 0 Å². The highest BCUT2D eigenvalue weighted by Gasteiger charge is 2.33. The van der Waals surface area contributed by atoms with E-state index in [0.29, 0.717) is 31.5 Å². The van der Waals surface area contributed by atoms with Gasteiger partial charge in [-0.05, 0) is 54.7 Å². The van der Waals surface area contributed by atoms with Gasteiger partial charge >= 0.3 is 5.97 Å². The quantitative estimate of drug-likeness (QED) is 0.502. The lowest BCUT2D eigenvalue weighted by Gasteiger charge is -2.25. The molecule has 1 aliphatic rings. The first-order chi connectivity index (χ1) is 15.8. The van der Waals surface area contributed by atoms with Crippen molar-refractivity contribution >= 4 is 35.0 Å². The van der Waals surface area contributed by atoms with E-state index in [4.69, 9.17) is 16.3 Å². The standard InChI is InChI=1S/C26H25ClN2O3S/c1-5-32-25(31)22-16(4)28-26-29(23(22)19-10-8-18(9-11-19)15(2)3)24(30)21(33-26)14-17-6-12-20(27)13-7-17/h6-15,23H,5H2,1-4H3. The molecule has 1 unspecified atom stereocenters. The van der Waals surface area contributed by atoms with Crippen molar-refractivity contribution in [3.8, 4) is 0 Å². The lowest BCUT2D eigenvalue weighted by molar-refractivity contribution is -0.139. The van der Waals surface area contributed by atoms with Gasteiger partial charge in [0.2, 0.25) is 0 Å². The molecule has 0 spiro atoms. The molecule has 33 heavy (non-hydrogen) atoms. The Hall–Kier alpha value is -2.96. The number of rotatable bonds is 5. The molecule has 2 heterocycles. The molecule has 0 N–H and O–H groups in total. The second kappa shape index (κ2) is 9.49. The van der Waals surface area contributed by atoms with E-state index in [1.54, 1.807) is 30.5 Å². The summed E-state index contributed by atoms with van der Waals surface area (Å²) in [5.41, 5.74) is 3.65. The fourth-order valence-corrected chi connectivity index (χ4v) is 5.05. The highest BCUT2D eigenvalue weighted by atomic mass is 35.5. The molecule has 2 aromatic carbocycles. The number of carbonyl (C=O) groups is 1. The van der Waals surface area contributed by atoms with Gasteiger partial charge in [-0.3, -0.25) is 9.36 Å². The maximum absolute atomic E-state index is 13.6. The van der Waals surface area contributed by atoms with Gasteiger partial charge in [-0.25, -0.2) is 9.79 Å². The number of hydrogen-bond acceptors (Lipinski definition) is 5. The van der Waals surface area contributed by atoms with Crippen LogP contribution >= 0.6 is 22.9 Å². The lowest BCUT2D eigenvalue weighted by Crippen LogP contribution is -2.39. The summed E-state index contributed by atoms with van der Waals surface area (Å²) in [7, 11) is 0. The fraction of sp³-hybridized carbons (Fsp3) is 0.269. The lowest BCUT2D eigenvalue weighted by atomic mass is 9.93.